The highest BCUT2D eigenvalue weighted by atomic mass is 35.5. The first-order valence-electron chi connectivity index (χ1n) is 16.5. The molecule has 0 radical (unpaired) electrons. The lowest BCUT2D eigenvalue weighted by molar-refractivity contribution is -0.154. The Bertz CT molecular complexity index is 1670. The summed E-state index contributed by atoms with van der Waals surface area (Å²) in [6.45, 7) is 10.2. The highest BCUT2D eigenvalue weighted by Gasteiger charge is 2.79. The number of fused-ring (bicyclic) bond motifs is 1. The third-order valence-corrected chi connectivity index (χ3v) is 10.7. The molecule has 2 bridgehead atoms. The Morgan fingerprint density at radius 1 is 0.979 bits per heavy atom. The van der Waals surface area contributed by atoms with E-state index in [1.807, 2.05) is 67.6 Å². The van der Waals surface area contributed by atoms with Crippen molar-refractivity contribution in [2.75, 3.05) is 24.6 Å². The minimum absolute atomic E-state index is 0.167. The van der Waals surface area contributed by atoms with Crippen LogP contribution in [0.2, 0.25) is 5.02 Å². The number of aliphatic hydroxyl groups excluding tert-OH is 1. The number of aliphatic hydroxyl groups is 1. The number of nitrogens with zero attached hydrogens (tertiary/aromatic N) is 3. The van der Waals surface area contributed by atoms with E-state index < -0.39 is 41.7 Å². The molecule has 3 aromatic carbocycles. The van der Waals surface area contributed by atoms with Crippen LogP contribution >= 0.6 is 11.6 Å². The summed E-state index contributed by atoms with van der Waals surface area (Å²) in [6, 6.07) is 23.9. The van der Waals surface area contributed by atoms with Crippen LogP contribution < -0.4 is 4.90 Å². The Hall–Kier alpha value is -4.24. The Labute approximate surface area is 287 Å². The Balaban J connectivity index is 1.49. The Morgan fingerprint density at radius 2 is 1.62 bits per heavy atom. The van der Waals surface area contributed by atoms with Gasteiger partial charge in [-0.2, -0.15) is 0 Å². The number of amides is 3. The minimum Gasteiger partial charge on any atom is -0.394 e. The number of carbonyl (C=O) groups is 3. The van der Waals surface area contributed by atoms with Crippen molar-refractivity contribution >= 4 is 35.0 Å². The van der Waals surface area contributed by atoms with Crippen molar-refractivity contribution < 1.29 is 24.2 Å². The Morgan fingerprint density at radius 3 is 2.23 bits per heavy atom. The van der Waals surface area contributed by atoms with Gasteiger partial charge in [0.05, 0.1) is 30.1 Å². The van der Waals surface area contributed by atoms with Gasteiger partial charge in [-0.05, 0) is 54.7 Å². The number of hydrogen-bond acceptors (Lipinski definition) is 5. The SMILES string of the molecule is C=CCN(Cc1ccccc1)C(=O)[C@H]1[C@H]2C(=O)N([C@H](CO)c3ccccc3)C(C(=O)N(CC=C)c3ccc(Cl)cc3)C23CC[C@]1(CC)O3. The number of hydrogen-bond donors (Lipinski definition) is 1. The zero-order valence-corrected chi connectivity index (χ0v) is 28.0. The van der Waals surface area contributed by atoms with E-state index in [1.165, 1.54) is 4.90 Å². The standard InChI is InChI=1S/C39H42ClN3O5/c1-4-23-41(25-27-13-9-7-10-14-27)35(45)32-33-36(46)43(31(26-44)28-15-11-8-12-16-28)34(39(33)22-21-38(32,6-3)48-39)37(47)42(24-5-2)30-19-17-29(40)18-20-30/h4-5,7-20,31-34,44H,1-2,6,21-26H2,3H3/t31-,32-,33+,34?,38+,39?/m1/s1. The maximum absolute atomic E-state index is 15.1. The summed E-state index contributed by atoms with van der Waals surface area (Å²) in [5.74, 6) is -2.68. The molecule has 1 spiro atoms. The third kappa shape index (κ3) is 5.55. The highest BCUT2D eigenvalue weighted by molar-refractivity contribution is 6.30. The lowest BCUT2D eigenvalue weighted by Gasteiger charge is -2.39. The highest BCUT2D eigenvalue weighted by Crippen LogP contribution is 2.65. The summed E-state index contributed by atoms with van der Waals surface area (Å²) < 4.78 is 7.07. The topological polar surface area (TPSA) is 90.4 Å². The molecule has 3 aliphatic rings. The second-order valence-electron chi connectivity index (χ2n) is 12.9. The second kappa shape index (κ2) is 13.7. The molecule has 3 fully saturated rings. The van der Waals surface area contributed by atoms with Gasteiger partial charge in [0.25, 0.3) is 5.91 Å². The lowest BCUT2D eigenvalue weighted by Crippen LogP contribution is -2.57. The van der Waals surface area contributed by atoms with Gasteiger partial charge in [-0.1, -0.05) is 91.3 Å². The molecule has 0 aromatic heterocycles. The van der Waals surface area contributed by atoms with E-state index in [1.54, 1.807) is 46.2 Å². The summed E-state index contributed by atoms with van der Waals surface area (Å²) in [6.07, 6.45) is 4.76. The predicted octanol–water partition coefficient (Wildman–Crippen LogP) is 5.96. The molecule has 6 rings (SSSR count). The van der Waals surface area contributed by atoms with Gasteiger partial charge in [-0.25, -0.2) is 0 Å². The molecule has 3 amide bonds. The molecule has 3 saturated heterocycles. The van der Waals surface area contributed by atoms with Gasteiger partial charge >= 0.3 is 0 Å². The van der Waals surface area contributed by atoms with Crippen LogP contribution in [0.1, 0.15) is 43.4 Å². The van der Waals surface area contributed by atoms with Crippen molar-refractivity contribution in [1.29, 1.82) is 0 Å². The number of benzene rings is 3. The van der Waals surface area contributed by atoms with Crippen molar-refractivity contribution in [2.45, 2.75) is 56.0 Å². The first kappa shape index (κ1) is 33.7. The van der Waals surface area contributed by atoms with Crippen molar-refractivity contribution in [1.82, 2.24) is 9.80 Å². The van der Waals surface area contributed by atoms with Crippen LogP contribution in [0.15, 0.2) is 110 Å². The molecule has 3 aromatic rings. The molecule has 0 aliphatic carbocycles. The average Bonchev–Trinajstić information content (AvgIpc) is 3.72. The summed E-state index contributed by atoms with van der Waals surface area (Å²) in [5, 5.41) is 11.4. The van der Waals surface area contributed by atoms with Crippen molar-refractivity contribution in [3.05, 3.63) is 126 Å². The van der Waals surface area contributed by atoms with Crippen LogP contribution in [0.3, 0.4) is 0 Å². The van der Waals surface area contributed by atoms with Gasteiger partial charge in [0.15, 0.2) is 0 Å². The normalized spacial score (nSPS) is 26.2. The van der Waals surface area contributed by atoms with Gasteiger partial charge in [-0.15, -0.1) is 13.2 Å². The van der Waals surface area contributed by atoms with Gasteiger partial charge in [0.1, 0.15) is 11.6 Å². The summed E-state index contributed by atoms with van der Waals surface area (Å²) in [4.78, 5) is 49.8. The average molecular weight is 668 g/mol. The molecular formula is C39H42ClN3O5. The second-order valence-corrected chi connectivity index (χ2v) is 13.3. The van der Waals surface area contributed by atoms with E-state index in [4.69, 9.17) is 16.3 Å². The molecule has 3 aliphatic heterocycles. The largest absolute Gasteiger partial charge is 0.394 e. The fourth-order valence-corrected chi connectivity index (χ4v) is 8.41. The van der Waals surface area contributed by atoms with Gasteiger partial charge in [0, 0.05) is 30.3 Å². The fraction of sp³-hybridized carbons (Fsp3) is 0.359. The third-order valence-electron chi connectivity index (χ3n) is 10.4. The van der Waals surface area contributed by atoms with Crippen LogP contribution in [0.25, 0.3) is 0 Å². The summed E-state index contributed by atoms with van der Waals surface area (Å²) in [7, 11) is 0. The van der Waals surface area contributed by atoms with Crippen LogP contribution in [-0.4, -0.2) is 69.6 Å². The molecule has 3 heterocycles. The maximum atomic E-state index is 15.1. The molecular weight excluding hydrogens is 626 g/mol. The van der Waals surface area contributed by atoms with E-state index in [0.717, 1.165) is 5.56 Å². The maximum Gasteiger partial charge on any atom is 0.253 e. The molecule has 250 valence electrons. The summed E-state index contributed by atoms with van der Waals surface area (Å²) >= 11 is 6.20. The van der Waals surface area contributed by atoms with Crippen LogP contribution in [-0.2, 0) is 25.7 Å². The first-order valence-corrected chi connectivity index (χ1v) is 16.9. The number of ether oxygens (including phenoxy) is 1. The monoisotopic (exact) mass is 667 g/mol. The number of rotatable bonds is 13. The molecule has 8 nitrogen and oxygen atoms in total. The van der Waals surface area contributed by atoms with Gasteiger partial charge in [-0.3, -0.25) is 14.4 Å². The smallest absolute Gasteiger partial charge is 0.253 e. The zero-order chi connectivity index (χ0) is 34.1. The number of carbonyl (C=O) groups excluding carboxylic acids is 3. The van der Waals surface area contributed by atoms with E-state index in [2.05, 4.69) is 13.2 Å². The van der Waals surface area contributed by atoms with E-state index in [9.17, 15) is 9.90 Å². The molecule has 0 saturated carbocycles. The van der Waals surface area contributed by atoms with Gasteiger partial charge in [0.2, 0.25) is 11.8 Å². The van der Waals surface area contributed by atoms with E-state index >= 15 is 9.59 Å². The predicted molar refractivity (Wildman–Crippen MR) is 186 cm³/mol. The quantitative estimate of drug-likeness (QED) is 0.227. The Kier molecular flexibility index (Phi) is 9.61. The molecule has 1 N–H and O–H groups in total. The lowest BCUT2D eigenvalue weighted by atomic mass is 9.64. The van der Waals surface area contributed by atoms with E-state index in [-0.39, 0.29) is 30.8 Å². The van der Waals surface area contributed by atoms with Crippen LogP contribution in [0.5, 0.6) is 0 Å². The minimum atomic E-state index is -1.29. The first-order chi connectivity index (χ1) is 23.2. The zero-order valence-electron chi connectivity index (χ0n) is 27.2. The number of halogens is 1. The van der Waals surface area contributed by atoms with Gasteiger partial charge < -0.3 is 24.5 Å². The number of likely N-dealkylation sites (tertiary alicyclic amines) is 1. The van der Waals surface area contributed by atoms with E-state index in [0.29, 0.717) is 42.1 Å². The van der Waals surface area contributed by atoms with Crippen LogP contribution in [0.4, 0.5) is 5.69 Å². The molecule has 9 heteroatoms. The summed E-state index contributed by atoms with van der Waals surface area (Å²) in [5.41, 5.74) is 0.0114. The van der Waals surface area contributed by atoms with Crippen molar-refractivity contribution in [3.63, 3.8) is 0 Å². The molecule has 48 heavy (non-hydrogen) atoms. The van der Waals surface area contributed by atoms with Crippen LogP contribution in [0, 0.1) is 11.8 Å². The van der Waals surface area contributed by atoms with Crippen molar-refractivity contribution in [3.8, 4) is 0 Å². The fourth-order valence-electron chi connectivity index (χ4n) is 8.29. The van der Waals surface area contributed by atoms with Crippen molar-refractivity contribution in [2.24, 2.45) is 11.8 Å². The molecule has 2 unspecified atom stereocenters. The molecule has 6 atom stereocenters. The number of anilines is 1.